The highest BCUT2D eigenvalue weighted by atomic mass is 35.5. The van der Waals surface area contributed by atoms with Gasteiger partial charge in [-0.25, -0.2) is 9.78 Å². The molecule has 1 N–H and O–H groups in total. The summed E-state index contributed by atoms with van der Waals surface area (Å²) in [4.78, 5) is 14.4. The highest BCUT2D eigenvalue weighted by Gasteiger charge is 2.05. The minimum Gasteiger partial charge on any atom is -0.487 e. The lowest BCUT2D eigenvalue weighted by molar-refractivity contribution is 0.0690. The molecule has 92 valence electrons. The van der Waals surface area contributed by atoms with Crippen LogP contribution in [0.15, 0.2) is 42.6 Å². The standard InChI is InChI=1S/C13H10ClNO3/c14-11-4-2-1-3-9(11)8-18-10-5-6-12(13(16)17)15-7-10/h1-7H,8H2,(H,16,17). The summed E-state index contributed by atoms with van der Waals surface area (Å²) in [5, 5.41) is 9.33. The van der Waals surface area contributed by atoms with Crippen molar-refractivity contribution in [3.8, 4) is 5.75 Å². The van der Waals surface area contributed by atoms with E-state index in [2.05, 4.69) is 4.98 Å². The van der Waals surface area contributed by atoms with Crippen molar-refractivity contribution in [1.82, 2.24) is 4.98 Å². The Hall–Kier alpha value is -2.07. The number of pyridine rings is 1. The normalized spacial score (nSPS) is 10.1. The van der Waals surface area contributed by atoms with E-state index >= 15 is 0 Å². The Labute approximate surface area is 109 Å². The SMILES string of the molecule is O=C(O)c1ccc(OCc2ccccc2Cl)cn1. The van der Waals surface area contributed by atoms with Gasteiger partial charge in [0.15, 0.2) is 0 Å². The smallest absolute Gasteiger partial charge is 0.354 e. The molecule has 0 saturated carbocycles. The lowest BCUT2D eigenvalue weighted by Crippen LogP contribution is -2.01. The fourth-order valence-corrected chi connectivity index (χ4v) is 1.56. The quantitative estimate of drug-likeness (QED) is 0.921. The van der Waals surface area contributed by atoms with Crippen LogP contribution in [0.25, 0.3) is 0 Å². The van der Waals surface area contributed by atoms with Crippen LogP contribution in [0.3, 0.4) is 0 Å². The van der Waals surface area contributed by atoms with E-state index in [0.717, 1.165) is 5.56 Å². The van der Waals surface area contributed by atoms with E-state index in [4.69, 9.17) is 21.4 Å². The van der Waals surface area contributed by atoms with Gasteiger partial charge < -0.3 is 9.84 Å². The molecule has 0 bridgehead atoms. The number of carbonyl (C=O) groups is 1. The molecule has 0 atom stereocenters. The Kier molecular flexibility index (Phi) is 3.79. The average molecular weight is 264 g/mol. The molecule has 0 aliphatic carbocycles. The Morgan fingerprint density at radius 3 is 2.67 bits per heavy atom. The molecule has 2 rings (SSSR count). The van der Waals surface area contributed by atoms with Gasteiger partial charge in [0.1, 0.15) is 18.1 Å². The topological polar surface area (TPSA) is 59.4 Å². The summed E-state index contributed by atoms with van der Waals surface area (Å²) in [5.41, 5.74) is 0.849. The summed E-state index contributed by atoms with van der Waals surface area (Å²) in [6.07, 6.45) is 1.38. The lowest BCUT2D eigenvalue weighted by Gasteiger charge is -2.07. The first-order chi connectivity index (χ1) is 8.66. The fourth-order valence-electron chi connectivity index (χ4n) is 1.37. The van der Waals surface area contributed by atoms with Crippen LogP contribution in [0.4, 0.5) is 0 Å². The second-order valence-corrected chi connectivity index (χ2v) is 3.97. The number of ether oxygens (including phenoxy) is 1. The first-order valence-electron chi connectivity index (χ1n) is 5.22. The van der Waals surface area contributed by atoms with Crippen LogP contribution >= 0.6 is 11.6 Å². The van der Waals surface area contributed by atoms with Gasteiger partial charge in [0, 0.05) is 10.6 Å². The van der Waals surface area contributed by atoms with Crippen molar-refractivity contribution >= 4 is 17.6 Å². The van der Waals surface area contributed by atoms with E-state index in [-0.39, 0.29) is 5.69 Å². The molecule has 0 aliphatic heterocycles. The van der Waals surface area contributed by atoms with Gasteiger partial charge in [0.2, 0.25) is 0 Å². The zero-order valence-corrected chi connectivity index (χ0v) is 10.1. The van der Waals surface area contributed by atoms with Gasteiger partial charge in [-0.1, -0.05) is 29.8 Å². The van der Waals surface area contributed by atoms with Crippen LogP contribution < -0.4 is 4.74 Å². The molecule has 1 aromatic carbocycles. The Morgan fingerprint density at radius 2 is 2.06 bits per heavy atom. The number of rotatable bonds is 4. The summed E-state index contributed by atoms with van der Waals surface area (Å²) in [5.74, 6) is -0.562. The molecule has 18 heavy (non-hydrogen) atoms. The molecule has 4 nitrogen and oxygen atoms in total. The third kappa shape index (κ3) is 2.99. The first-order valence-corrected chi connectivity index (χ1v) is 5.60. The third-order valence-electron chi connectivity index (χ3n) is 2.31. The van der Waals surface area contributed by atoms with E-state index in [1.165, 1.54) is 12.3 Å². The van der Waals surface area contributed by atoms with Crippen LogP contribution in [0, 0.1) is 0 Å². The predicted octanol–water partition coefficient (Wildman–Crippen LogP) is 3.01. The van der Waals surface area contributed by atoms with Gasteiger partial charge >= 0.3 is 5.97 Å². The summed E-state index contributed by atoms with van der Waals surface area (Å²) >= 11 is 5.98. The van der Waals surface area contributed by atoms with Crippen molar-refractivity contribution in [3.05, 3.63) is 58.9 Å². The summed E-state index contributed by atoms with van der Waals surface area (Å²) in [6, 6.07) is 10.3. The van der Waals surface area contributed by atoms with Gasteiger partial charge in [-0.3, -0.25) is 0 Å². The number of hydrogen-bond donors (Lipinski definition) is 1. The van der Waals surface area contributed by atoms with Crippen molar-refractivity contribution < 1.29 is 14.6 Å². The number of aromatic nitrogens is 1. The molecule has 2 aromatic rings. The van der Waals surface area contributed by atoms with Crippen molar-refractivity contribution in [2.24, 2.45) is 0 Å². The largest absolute Gasteiger partial charge is 0.487 e. The summed E-state index contributed by atoms with van der Waals surface area (Å²) < 4.78 is 5.47. The van der Waals surface area contributed by atoms with E-state index in [0.29, 0.717) is 17.4 Å². The van der Waals surface area contributed by atoms with Crippen LogP contribution in [0.5, 0.6) is 5.75 Å². The first kappa shape index (κ1) is 12.4. The number of carboxylic acid groups (broad SMARTS) is 1. The highest BCUT2D eigenvalue weighted by molar-refractivity contribution is 6.31. The van der Waals surface area contributed by atoms with Crippen LogP contribution in [-0.4, -0.2) is 16.1 Å². The van der Waals surface area contributed by atoms with Gasteiger partial charge in [-0.2, -0.15) is 0 Å². The third-order valence-corrected chi connectivity index (χ3v) is 2.68. The molecule has 0 saturated heterocycles. The summed E-state index contributed by atoms with van der Waals surface area (Å²) in [6.45, 7) is 0.313. The van der Waals surface area contributed by atoms with Crippen molar-refractivity contribution in [2.45, 2.75) is 6.61 Å². The lowest BCUT2D eigenvalue weighted by atomic mass is 10.2. The van der Waals surface area contributed by atoms with Gasteiger partial charge in [-0.05, 0) is 18.2 Å². The molecule has 0 aliphatic rings. The molecule has 0 amide bonds. The van der Waals surface area contributed by atoms with E-state index < -0.39 is 5.97 Å². The second-order valence-electron chi connectivity index (χ2n) is 3.56. The molecular formula is C13H10ClNO3. The van der Waals surface area contributed by atoms with Gasteiger partial charge in [-0.15, -0.1) is 0 Å². The second kappa shape index (κ2) is 5.51. The minimum absolute atomic E-state index is 0.0138. The van der Waals surface area contributed by atoms with E-state index in [1.54, 1.807) is 12.1 Å². The van der Waals surface area contributed by atoms with Crippen molar-refractivity contribution in [2.75, 3.05) is 0 Å². The molecule has 0 fully saturated rings. The monoisotopic (exact) mass is 263 g/mol. The van der Waals surface area contributed by atoms with Crippen LogP contribution in [-0.2, 0) is 6.61 Å². The van der Waals surface area contributed by atoms with Crippen molar-refractivity contribution in [1.29, 1.82) is 0 Å². The Morgan fingerprint density at radius 1 is 1.28 bits per heavy atom. The maximum absolute atomic E-state index is 10.6. The number of halogens is 1. The maximum atomic E-state index is 10.6. The molecule has 1 aromatic heterocycles. The Bertz CT molecular complexity index is 554. The highest BCUT2D eigenvalue weighted by Crippen LogP contribution is 2.18. The molecule has 0 spiro atoms. The van der Waals surface area contributed by atoms with Crippen LogP contribution in [0.1, 0.15) is 16.1 Å². The molecule has 0 radical (unpaired) electrons. The van der Waals surface area contributed by atoms with E-state index in [9.17, 15) is 4.79 Å². The number of carboxylic acids is 1. The van der Waals surface area contributed by atoms with Gasteiger partial charge in [0.05, 0.1) is 6.20 Å². The maximum Gasteiger partial charge on any atom is 0.354 e. The van der Waals surface area contributed by atoms with Crippen LogP contribution in [0.2, 0.25) is 5.02 Å². The molecule has 5 heteroatoms. The minimum atomic E-state index is -1.06. The predicted molar refractivity (Wildman–Crippen MR) is 67.0 cm³/mol. The molecule has 0 unspecified atom stereocenters. The Balaban J connectivity index is 2.02. The number of hydrogen-bond acceptors (Lipinski definition) is 3. The average Bonchev–Trinajstić information content (AvgIpc) is 2.38. The zero-order chi connectivity index (χ0) is 13.0. The van der Waals surface area contributed by atoms with Crippen molar-refractivity contribution in [3.63, 3.8) is 0 Å². The number of nitrogens with zero attached hydrogens (tertiary/aromatic N) is 1. The molecular weight excluding hydrogens is 254 g/mol. The number of aromatic carboxylic acids is 1. The van der Waals surface area contributed by atoms with E-state index in [1.807, 2.05) is 18.2 Å². The molecule has 1 heterocycles. The summed E-state index contributed by atoms with van der Waals surface area (Å²) in [7, 11) is 0. The fraction of sp³-hybridized carbons (Fsp3) is 0.0769. The zero-order valence-electron chi connectivity index (χ0n) is 9.34. The van der Waals surface area contributed by atoms with Gasteiger partial charge in [0.25, 0.3) is 0 Å². The number of benzene rings is 1.